The van der Waals surface area contributed by atoms with Crippen molar-refractivity contribution in [2.75, 3.05) is 40.4 Å². The minimum atomic E-state index is -0.127. The molecule has 0 aliphatic heterocycles. The molecule has 154 valence electrons. The quantitative estimate of drug-likeness (QED) is 0.597. The van der Waals surface area contributed by atoms with Crippen molar-refractivity contribution in [3.63, 3.8) is 0 Å². The van der Waals surface area contributed by atoms with Crippen LogP contribution in [0.25, 0.3) is 10.9 Å². The van der Waals surface area contributed by atoms with Crippen LogP contribution in [0.1, 0.15) is 5.56 Å². The van der Waals surface area contributed by atoms with Crippen LogP contribution in [0.5, 0.6) is 17.2 Å². The number of methoxy groups -OCH3 is 4. The second kappa shape index (κ2) is 9.34. The molecule has 1 aromatic heterocycles. The van der Waals surface area contributed by atoms with Crippen molar-refractivity contribution in [1.29, 1.82) is 0 Å². The predicted molar refractivity (Wildman–Crippen MR) is 112 cm³/mol. The molecular weight excluding hydrogens is 372 g/mol. The Morgan fingerprint density at radius 2 is 1.69 bits per heavy atom. The van der Waals surface area contributed by atoms with E-state index in [1.54, 1.807) is 40.6 Å². The third-order valence-corrected chi connectivity index (χ3v) is 4.68. The number of aromatic nitrogens is 1. The standard InChI is InChI=1S/C22H26N2O5/c1-26-10-9-24-8-7-16-14-17(5-6-18(16)24)23-21(25)13-15-11-19(27-2)22(29-4)20(12-15)28-3/h5-8,11-12,14H,9-10,13H2,1-4H3,(H,23,25). The lowest BCUT2D eigenvalue weighted by molar-refractivity contribution is -0.115. The zero-order chi connectivity index (χ0) is 20.8. The van der Waals surface area contributed by atoms with Crippen LogP contribution >= 0.6 is 0 Å². The van der Waals surface area contributed by atoms with E-state index in [2.05, 4.69) is 9.88 Å². The number of rotatable bonds is 9. The first-order valence-electron chi connectivity index (χ1n) is 9.26. The predicted octanol–water partition coefficient (Wildman–Crippen LogP) is 3.49. The molecule has 0 unspecified atom stereocenters. The first kappa shape index (κ1) is 20.5. The summed E-state index contributed by atoms with van der Waals surface area (Å²) in [5.41, 5.74) is 2.62. The topological polar surface area (TPSA) is 71.0 Å². The molecule has 0 aliphatic carbocycles. The van der Waals surface area contributed by atoms with Crippen molar-refractivity contribution in [1.82, 2.24) is 4.57 Å². The fourth-order valence-corrected chi connectivity index (χ4v) is 3.29. The lowest BCUT2D eigenvalue weighted by Crippen LogP contribution is -2.14. The van der Waals surface area contributed by atoms with E-state index in [1.807, 2.05) is 30.5 Å². The van der Waals surface area contributed by atoms with Crippen LogP contribution in [-0.4, -0.2) is 45.5 Å². The van der Waals surface area contributed by atoms with Gasteiger partial charge in [-0.15, -0.1) is 0 Å². The highest BCUT2D eigenvalue weighted by Gasteiger charge is 2.15. The van der Waals surface area contributed by atoms with Crippen molar-refractivity contribution in [2.24, 2.45) is 0 Å². The van der Waals surface area contributed by atoms with Crippen molar-refractivity contribution >= 4 is 22.5 Å². The first-order valence-corrected chi connectivity index (χ1v) is 9.26. The van der Waals surface area contributed by atoms with Gasteiger partial charge in [0.15, 0.2) is 11.5 Å². The number of nitrogens with one attached hydrogen (secondary N) is 1. The number of hydrogen-bond acceptors (Lipinski definition) is 5. The maximum Gasteiger partial charge on any atom is 0.228 e. The van der Waals surface area contributed by atoms with E-state index in [4.69, 9.17) is 18.9 Å². The van der Waals surface area contributed by atoms with E-state index in [0.717, 1.165) is 28.7 Å². The summed E-state index contributed by atoms with van der Waals surface area (Å²) in [7, 11) is 6.34. The second-order valence-corrected chi connectivity index (χ2v) is 6.53. The summed E-state index contributed by atoms with van der Waals surface area (Å²) in [4.78, 5) is 12.6. The van der Waals surface area contributed by atoms with E-state index in [-0.39, 0.29) is 12.3 Å². The Balaban J connectivity index is 1.74. The molecule has 0 spiro atoms. The maximum absolute atomic E-state index is 12.6. The fraction of sp³-hybridized carbons (Fsp3) is 0.318. The largest absolute Gasteiger partial charge is 0.493 e. The maximum atomic E-state index is 12.6. The van der Waals surface area contributed by atoms with Crippen LogP contribution in [0.3, 0.4) is 0 Å². The molecule has 1 heterocycles. The smallest absolute Gasteiger partial charge is 0.228 e. The molecule has 0 atom stereocenters. The number of ether oxygens (including phenoxy) is 4. The number of amides is 1. The number of hydrogen-bond donors (Lipinski definition) is 1. The van der Waals surface area contributed by atoms with Crippen LogP contribution in [0, 0.1) is 0 Å². The molecule has 0 saturated carbocycles. The number of carbonyl (C=O) groups is 1. The molecule has 0 aliphatic rings. The Hall–Kier alpha value is -3.19. The van der Waals surface area contributed by atoms with Gasteiger partial charge in [-0.05, 0) is 42.0 Å². The zero-order valence-corrected chi connectivity index (χ0v) is 17.2. The molecule has 7 heteroatoms. The van der Waals surface area contributed by atoms with E-state index in [9.17, 15) is 4.79 Å². The third-order valence-electron chi connectivity index (χ3n) is 4.68. The second-order valence-electron chi connectivity index (χ2n) is 6.53. The number of anilines is 1. The summed E-state index contributed by atoms with van der Waals surface area (Å²) in [5.74, 6) is 1.42. The van der Waals surface area contributed by atoms with Gasteiger partial charge in [-0.1, -0.05) is 0 Å². The summed E-state index contributed by atoms with van der Waals surface area (Å²) in [6.07, 6.45) is 2.20. The van der Waals surface area contributed by atoms with Gasteiger partial charge >= 0.3 is 0 Å². The number of fused-ring (bicyclic) bond motifs is 1. The molecule has 0 bridgehead atoms. The van der Waals surface area contributed by atoms with Gasteiger partial charge in [0.05, 0.1) is 34.4 Å². The third kappa shape index (κ3) is 4.63. The molecule has 29 heavy (non-hydrogen) atoms. The highest BCUT2D eigenvalue weighted by Crippen LogP contribution is 2.38. The van der Waals surface area contributed by atoms with Crippen molar-refractivity contribution < 1.29 is 23.7 Å². The minimum Gasteiger partial charge on any atom is -0.493 e. The van der Waals surface area contributed by atoms with E-state index >= 15 is 0 Å². The van der Waals surface area contributed by atoms with E-state index in [0.29, 0.717) is 23.9 Å². The van der Waals surface area contributed by atoms with Gasteiger partial charge < -0.3 is 28.8 Å². The highest BCUT2D eigenvalue weighted by atomic mass is 16.5. The summed E-state index contributed by atoms with van der Waals surface area (Å²) in [5, 5.41) is 4.01. The highest BCUT2D eigenvalue weighted by molar-refractivity contribution is 5.95. The van der Waals surface area contributed by atoms with Crippen molar-refractivity contribution in [3.8, 4) is 17.2 Å². The van der Waals surface area contributed by atoms with Gasteiger partial charge in [0.25, 0.3) is 0 Å². The van der Waals surface area contributed by atoms with Gasteiger partial charge in [-0.3, -0.25) is 4.79 Å². The lowest BCUT2D eigenvalue weighted by Gasteiger charge is -2.14. The van der Waals surface area contributed by atoms with Gasteiger partial charge in [-0.2, -0.15) is 0 Å². The first-order chi connectivity index (χ1) is 14.1. The number of carbonyl (C=O) groups excluding carboxylic acids is 1. The molecule has 1 amide bonds. The fourth-order valence-electron chi connectivity index (χ4n) is 3.29. The molecule has 3 aromatic rings. The summed E-state index contributed by atoms with van der Waals surface area (Å²) < 4.78 is 23.3. The average Bonchev–Trinajstić information content (AvgIpc) is 3.13. The average molecular weight is 398 g/mol. The van der Waals surface area contributed by atoms with Crippen LogP contribution in [0.2, 0.25) is 0 Å². The van der Waals surface area contributed by atoms with Gasteiger partial charge in [0, 0.05) is 36.4 Å². The molecule has 0 radical (unpaired) electrons. The summed E-state index contributed by atoms with van der Waals surface area (Å²) in [6, 6.07) is 11.4. The van der Waals surface area contributed by atoms with E-state index in [1.165, 1.54) is 0 Å². The number of nitrogens with zero attached hydrogens (tertiary/aromatic N) is 1. The van der Waals surface area contributed by atoms with Crippen LogP contribution in [0.15, 0.2) is 42.6 Å². The minimum absolute atomic E-state index is 0.127. The van der Waals surface area contributed by atoms with E-state index < -0.39 is 0 Å². The Bertz CT molecular complexity index is 971. The van der Waals surface area contributed by atoms with Crippen LogP contribution in [-0.2, 0) is 22.5 Å². The Morgan fingerprint density at radius 1 is 0.966 bits per heavy atom. The Labute approximate surface area is 170 Å². The Morgan fingerprint density at radius 3 is 2.31 bits per heavy atom. The molecule has 7 nitrogen and oxygen atoms in total. The van der Waals surface area contributed by atoms with Gasteiger partial charge in [-0.25, -0.2) is 0 Å². The van der Waals surface area contributed by atoms with Gasteiger partial charge in [0.1, 0.15) is 0 Å². The zero-order valence-electron chi connectivity index (χ0n) is 17.2. The van der Waals surface area contributed by atoms with Crippen molar-refractivity contribution in [2.45, 2.75) is 13.0 Å². The molecule has 0 fully saturated rings. The van der Waals surface area contributed by atoms with Crippen LogP contribution in [0.4, 0.5) is 5.69 Å². The summed E-state index contributed by atoms with van der Waals surface area (Å²) in [6.45, 7) is 1.43. The van der Waals surface area contributed by atoms with Gasteiger partial charge in [0.2, 0.25) is 11.7 Å². The van der Waals surface area contributed by atoms with Crippen LogP contribution < -0.4 is 19.5 Å². The SMILES string of the molecule is COCCn1ccc2cc(NC(=O)Cc3cc(OC)c(OC)c(OC)c3)ccc21. The molecule has 2 aromatic carbocycles. The number of benzene rings is 2. The van der Waals surface area contributed by atoms with Crippen molar-refractivity contribution in [3.05, 3.63) is 48.2 Å². The molecule has 3 rings (SSSR count). The molecular formula is C22H26N2O5. The monoisotopic (exact) mass is 398 g/mol. The normalized spacial score (nSPS) is 10.8. The lowest BCUT2D eigenvalue weighted by atomic mass is 10.1. The summed E-state index contributed by atoms with van der Waals surface area (Å²) >= 11 is 0. The Kier molecular flexibility index (Phi) is 6.61. The molecule has 1 N–H and O–H groups in total. The molecule has 0 saturated heterocycles.